The van der Waals surface area contributed by atoms with E-state index in [1.54, 1.807) is 22.9 Å². The lowest BCUT2D eigenvalue weighted by Crippen LogP contribution is -2.31. The zero-order valence-electron chi connectivity index (χ0n) is 26.4. The molecule has 0 bridgehead atoms. The molecule has 6 rings (SSSR count). The summed E-state index contributed by atoms with van der Waals surface area (Å²) in [6.07, 6.45) is 3.24. The first kappa shape index (κ1) is 35.2. The average molecular weight is 785 g/mol. The number of benzene rings is 4. The molecule has 248 valence electrons. The van der Waals surface area contributed by atoms with E-state index in [0.717, 1.165) is 25.6 Å². The lowest BCUT2D eigenvalue weighted by Gasteiger charge is -2.14. The molecule has 0 saturated carbocycles. The fraction of sp³-hybridized carbons (Fsp3) is 0.132. The Morgan fingerprint density at radius 1 is 0.673 bits per heavy atom. The van der Waals surface area contributed by atoms with Crippen molar-refractivity contribution in [1.29, 1.82) is 0 Å². The lowest BCUT2D eigenvalue weighted by atomic mass is 10.1. The van der Waals surface area contributed by atoms with Gasteiger partial charge in [-0.1, -0.05) is 92.5 Å². The Kier molecular flexibility index (Phi) is 11.4. The second-order valence-electron chi connectivity index (χ2n) is 11.3. The molecular weight excluding hydrogens is 754 g/mol. The number of fused-ring (bicyclic) bond motifs is 2. The molecule has 49 heavy (non-hydrogen) atoms. The van der Waals surface area contributed by atoms with Crippen LogP contribution in [0.4, 0.5) is 0 Å². The number of carbonyl (C=O) groups is 3. The van der Waals surface area contributed by atoms with Gasteiger partial charge in [-0.2, -0.15) is 0 Å². The van der Waals surface area contributed by atoms with Crippen molar-refractivity contribution in [2.24, 2.45) is 0 Å². The summed E-state index contributed by atoms with van der Waals surface area (Å²) in [4.78, 5) is 60.1. The van der Waals surface area contributed by atoms with Crippen molar-refractivity contribution < 1.29 is 19.5 Å². The number of nitrogens with zero attached hydrogens (tertiary/aromatic N) is 2. The van der Waals surface area contributed by atoms with Crippen LogP contribution in [0.25, 0.3) is 21.8 Å². The van der Waals surface area contributed by atoms with Gasteiger partial charge in [0.05, 0.1) is 11.0 Å². The third kappa shape index (κ3) is 8.67. The molecule has 2 aromatic heterocycles. The molecule has 0 atom stereocenters. The minimum atomic E-state index is -1.21. The molecule has 0 radical (unpaired) electrons. The molecule has 0 saturated heterocycles. The highest BCUT2D eigenvalue weighted by atomic mass is 79.9. The van der Waals surface area contributed by atoms with Gasteiger partial charge >= 0.3 is 5.97 Å². The molecule has 0 aliphatic heterocycles. The number of Topliss-reactive ketones (excluding diaryl/α,β-unsaturated/α-hetero) is 1. The number of aromatic carboxylic acids is 1. The van der Waals surface area contributed by atoms with Gasteiger partial charge in [-0.05, 0) is 54.4 Å². The molecule has 11 heteroatoms. The average Bonchev–Trinajstić information content (AvgIpc) is 3.08. The van der Waals surface area contributed by atoms with Crippen molar-refractivity contribution in [1.82, 2.24) is 14.5 Å². The quantitative estimate of drug-likeness (QED) is 0.162. The first-order chi connectivity index (χ1) is 23.5. The maximum atomic E-state index is 12.9. The number of hydrogen-bond acceptors (Lipinski definition) is 5. The predicted octanol–water partition coefficient (Wildman–Crippen LogP) is 7.03. The van der Waals surface area contributed by atoms with Crippen LogP contribution < -0.4 is 16.2 Å². The summed E-state index contributed by atoms with van der Waals surface area (Å²) in [6, 6.07) is 30.3. The number of carbonyl (C=O) groups excluding carboxylic acids is 2. The number of rotatable bonds is 9. The summed E-state index contributed by atoms with van der Waals surface area (Å²) in [5.41, 5.74) is 2.63. The molecule has 0 unspecified atom stereocenters. The van der Waals surface area contributed by atoms with Gasteiger partial charge in [-0.25, -0.2) is 4.79 Å². The fourth-order valence-corrected chi connectivity index (χ4v) is 6.04. The van der Waals surface area contributed by atoms with Gasteiger partial charge in [-0.15, -0.1) is 0 Å². The van der Waals surface area contributed by atoms with E-state index in [9.17, 15) is 29.1 Å². The Bertz CT molecular complexity index is 2300. The van der Waals surface area contributed by atoms with Crippen LogP contribution in [0.3, 0.4) is 0 Å². The molecule has 4 aromatic carbocycles. The van der Waals surface area contributed by atoms with Crippen LogP contribution in [0.5, 0.6) is 0 Å². The molecule has 0 aliphatic rings. The highest BCUT2D eigenvalue weighted by Gasteiger charge is 2.17. The minimum absolute atomic E-state index is 0.0146. The molecule has 1 amide bonds. The number of pyridine rings is 2. The molecule has 0 spiro atoms. The van der Waals surface area contributed by atoms with Crippen LogP contribution in [0, 0.1) is 0 Å². The van der Waals surface area contributed by atoms with Crippen LogP contribution in [0.2, 0.25) is 0 Å². The maximum absolute atomic E-state index is 12.9. The van der Waals surface area contributed by atoms with Gasteiger partial charge in [-0.3, -0.25) is 19.2 Å². The highest BCUT2D eigenvalue weighted by Crippen LogP contribution is 2.21. The van der Waals surface area contributed by atoms with Gasteiger partial charge in [0.2, 0.25) is 10.9 Å². The molecule has 0 fully saturated rings. The minimum Gasteiger partial charge on any atom is -0.477 e. The molecule has 6 aromatic rings. The van der Waals surface area contributed by atoms with Gasteiger partial charge in [0.25, 0.3) is 5.91 Å². The van der Waals surface area contributed by atoms with Crippen LogP contribution in [0.1, 0.15) is 45.2 Å². The van der Waals surface area contributed by atoms with Crippen LogP contribution in [-0.4, -0.2) is 38.4 Å². The summed E-state index contributed by atoms with van der Waals surface area (Å²) in [5, 5.41) is 12.8. The molecule has 9 nitrogen and oxygen atoms in total. The van der Waals surface area contributed by atoms with E-state index in [2.05, 4.69) is 37.2 Å². The second-order valence-corrected chi connectivity index (χ2v) is 13.1. The van der Waals surface area contributed by atoms with Crippen molar-refractivity contribution in [2.75, 3.05) is 6.54 Å². The summed E-state index contributed by atoms with van der Waals surface area (Å²) in [6.45, 7) is 2.71. The van der Waals surface area contributed by atoms with Crippen LogP contribution in [0.15, 0.2) is 128 Å². The predicted molar refractivity (Wildman–Crippen MR) is 197 cm³/mol. The van der Waals surface area contributed by atoms with E-state index in [4.69, 9.17) is 0 Å². The van der Waals surface area contributed by atoms with Gasteiger partial charge in [0.1, 0.15) is 16.9 Å². The van der Waals surface area contributed by atoms with Crippen molar-refractivity contribution >= 4 is 71.3 Å². The number of aromatic nitrogens is 2. The van der Waals surface area contributed by atoms with Crippen molar-refractivity contribution in [3.05, 3.63) is 161 Å². The fourth-order valence-electron chi connectivity index (χ4n) is 5.32. The normalized spacial score (nSPS) is 10.8. The van der Waals surface area contributed by atoms with Crippen LogP contribution in [-0.2, 0) is 17.9 Å². The first-order valence-corrected chi connectivity index (χ1v) is 16.8. The SMILES string of the molecule is CC(=O)CCNC(=O)c1cn(Cc2ccccc2)c2ccc(Br)cc2c1=O.O=C(O)c1cn(Cc2ccccc2)c2ccc(Br)cc2c1=O. The number of hydrogen-bond donors (Lipinski definition) is 2. The first-order valence-electron chi connectivity index (χ1n) is 15.3. The molecule has 2 N–H and O–H groups in total. The Morgan fingerprint density at radius 3 is 1.57 bits per heavy atom. The van der Waals surface area contributed by atoms with E-state index in [1.807, 2.05) is 89.5 Å². The number of halogens is 2. The monoisotopic (exact) mass is 783 g/mol. The molecular formula is C38H31Br2N3O6. The van der Waals surface area contributed by atoms with Crippen LogP contribution >= 0.6 is 31.9 Å². The zero-order valence-corrected chi connectivity index (χ0v) is 29.5. The smallest absolute Gasteiger partial charge is 0.341 e. The third-order valence-electron chi connectivity index (χ3n) is 7.71. The Labute approximate surface area is 298 Å². The number of amides is 1. The Hall–Kier alpha value is -5.13. The largest absolute Gasteiger partial charge is 0.477 e. The van der Waals surface area contributed by atoms with E-state index in [1.165, 1.54) is 13.1 Å². The van der Waals surface area contributed by atoms with E-state index < -0.39 is 17.3 Å². The number of nitrogens with one attached hydrogen (secondary N) is 1. The highest BCUT2D eigenvalue weighted by molar-refractivity contribution is 9.10. The number of carboxylic acids is 1. The lowest BCUT2D eigenvalue weighted by molar-refractivity contribution is -0.116. The Balaban J connectivity index is 0.000000195. The Morgan fingerprint density at radius 2 is 1.12 bits per heavy atom. The summed E-state index contributed by atoms with van der Waals surface area (Å²) < 4.78 is 5.21. The second kappa shape index (κ2) is 15.8. The van der Waals surface area contributed by atoms with Gasteiger partial charge in [0, 0.05) is 58.2 Å². The zero-order chi connectivity index (χ0) is 35.1. The molecule has 0 aliphatic carbocycles. The topological polar surface area (TPSA) is 127 Å². The third-order valence-corrected chi connectivity index (χ3v) is 8.70. The molecule has 2 heterocycles. The number of ketones is 1. The maximum Gasteiger partial charge on any atom is 0.341 e. The summed E-state index contributed by atoms with van der Waals surface area (Å²) in [7, 11) is 0. The summed E-state index contributed by atoms with van der Waals surface area (Å²) >= 11 is 6.72. The van der Waals surface area contributed by atoms with Gasteiger partial charge in [0.15, 0.2) is 0 Å². The van der Waals surface area contributed by atoms with Crippen molar-refractivity contribution in [3.63, 3.8) is 0 Å². The van der Waals surface area contributed by atoms with E-state index >= 15 is 0 Å². The van der Waals surface area contributed by atoms with Crippen molar-refractivity contribution in [3.8, 4) is 0 Å². The van der Waals surface area contributed by atoms with E-state index in [0.29, 0.717) is 29.4 Å². The standard InChI is InChI=1S/C21H19BrN2O3.C17H12BrNO3/c1-14(25)9-10-23-21(27)18-13-24(12-15-5-3-2-4-6-15)19-8-7-16(22)11-17(19)20(18)26;18-12-6-7-15-13(8-12)16(20)14(17(21)22)10-19(15)9-11-4-2-1-3-5-11/h2-8,11,13H,9-10,12H2,1H3,(H,23,27);1-8,10H,9H2,(H,21,22). The summed E-state index contributed by atoms with van der Waals surface area (Å²) in [5.74, 6) is -1.70. The van der Waals surface area contributed by atoms with Crippen molar-refractivity contribution in [2.45, 2.75) is 26.4 Å². The number of carboxylic acid groups (broad SMARTS) is 1. The van der Waals surface area contributed by atoms with E-state index in [-0.39, 0.29) is 35.3 Å². The van der Waals surface area contributed by atoms with Gasteiger partial charge < -0.3 is 19.6 Å².